The molecule has 0 aliphatic carbocycles. The summed E-state index contributed by atoms with van der Waals surface area (Å²) in [6.45, 7) is 0.514. The number of hydrogen-bond donors (Lipinski definition) is 0. The Morgan fingerprint density at radius 2 is 1.47 bits per heavy atom. The monoisotopic (exact) mass is 486 g/mol. The van der Waals surface area contributed by atoms with E-state index in [-0.39, 0.29) is 10.6 Å². The number of benzene rings is 4. The van der Waals surface area contributed by atoms with Crippen LogP contribution in [0.5, 0.6) is 0 Å². The summed E-state index contributed by atoms with van der Waals surface area (Å²) in [6.07, 6.45) is 2.00. The normalized spacial score (nSPS) is 11.4. The first-order valence-electron chi connectivity index (χ1n) is 11.0. The van der Waals surface area contributed by atoms with Crippen LogP contribution in [-0.4, -0.2) is 13.7 Å². The summed E-state index contributed by atoms with van der Waals surface area (Å²) in [5.41, 5.74) is 1.97. The number of halogens is 5. The predicted octanol–water partition coefficient (Wildman–Crippen LogP) is 8.08. The average Bonchev–Trinajstić information content (AvgIpc) is 2.80. The maximum absolute atomic E-state index is 15.2. The van der Waals surface area contributed by atoms with E-state index in [1.807, 2.05) is 0 Å². The molecule has 0 unspecified atom stereocenters. The van der Waals surface area contributed by atoms with Gasteiger partial charge in [0.1, 0.15) is 23.3 Å². The van der Waals surface area contributed by atoms with E-state index >= 15 is 4.39 Å². The molecule has 4 rings (SSSR count). The first-order valence-corrected chi connectivity index (χ1v) is 11.4. The van der Waals surface area contributed by atoms with Crippen molar-refractivity contribution in [3.8, 4) is 11.1 Å². The molecule has 1 nitrogen and oxygen atoms in total. The van der Waals surface area contributed by atoms with Crippen LogP contribution in [0.15, 0.2) is 60.7 Å². The van der Waals surface area contributed by atoms with Crippen molar-refractivity contribution in [3.63, 3.8) is 0 Å². The van der Waals surface area contributed by atoms with Gasteiger partial charge in [-0.15, -0.1) is 0 Å². The van der Waals surface area contributed by atoms with Crippen LogP contribution in [0.3, 0.4) is 0 Å². The van der Waals surface area contributed by atoms with Crippen LogP contribution in [0.2, 0.25) is 5.02 Å². The van der Waals surface area contributed by atoms with E-state index in [1.54, 1.807) is 31.4 Å². The molecule has 0 bridgehead atoms. The zero-order valence-electron chi connectivity index (χ0n) is 18.6. The smallest absolute Gasteiger partial charge is 0.142 e. The molecule has 0 aliphatic heterocycles. The third-order valence-electron chi connectivity index (χ3n) is 5.91. The second kappa shape index (κ2) is 10.6. The highest BCUT2D eigenvalue weighted by molar-refractivity contribution is 6.30. The van der Waals surface area contributed by atoms with Crippen LogP contribution in [0.4, 0.5) is 17.6 Å². The van der Waals surface area contributed by atoms with Gasteiger partial charge in [-0.25, -0.2) is 17.6 Å². The molecule has 0 saturated heterocycles. The fraction of sp³-hybridized carbons (Fsp3) is 0.214. The number of methoxy groups -OCH3 is 1. The van der Waals surface area contributed by atoms with E-state index in [4.69, 9.17) is 16.3 Å². The van der Waals surface area contributed by atoms with Gasteiger partial charge in [-0.2, -0.15) is 0 Å². The SMILES string of the molecule is COCCCc1cc(F)c(-c2ccc3c(F)c(CCc4ccc(Cl)c(F)c4)ccc3c2)c(F)c1. The van der Waals surface area contributed by atoms with Crippen molar-refractivity contribution < 1.29 is 22.3 Å². The fourth-order valence-corrected chi connectivity index (χ4v) is 4.24. The molecule has 0 spiro atoms. The molecule has 0 radical (unpaired) electrons. The molecule has 0 amide bonds. The largest absolute Gasteiger partial charge is 0.385 e. The summed E-state index contributed by atoms with van der Waals surface area (Å²) in [5, 5.41) is 0.949. The number of hydrogen-bond acceptors (Lipinski definition) is 1. The molecular weight excluding hydrogens is 464 g/mol. The van der Waals surface area contributed by atoms with Crippen LogP contribution in [0.1, 0.15) is 23.1 Å². The van der Waals surface area contributed by atoms with Crippen LogP contribution in [0, 0.1) is 23.3 Å². The first-order chi connectivity index (χ1) is 16.4. The van der Waals surface area contributed by atoms with Crippen molar-refractivity contribution in [1.82, 2.24) is 0 Å². The molecule has 0 aliphatic rings. The molecule has 4 aromatic carbocycles. The molecule has 0 saturated carbocycles. The topological polar surface area (TPSA) is 9.23 Å². The maximum Gasteiger partial charge on any atom is 0.142 e. The molecule has 0 heterocycles. The summed E-state index contributed by atoms with van der Waals surface area (Å²) in [4.78, 5) is 0. The van der Waals surface area contributed by atoms with E-state index in [1.165, 1.54) is 36.4 Å². The second-order valence-electron chi connectivity index (χ2n) is 8.25. The Hall–Kier alpha value is -2.89. The zero-order chi connectivity index (χ0) is 24.2. The lowest BCUT2D eigenvalue weighted by Crippen LogP contribution is -1.98. The fourth-order valence-electron chi connectivity index (χ4n) is 4.13. The van der Waals surface area contributed by atoms with E-state index < -0.39 is 23.3 Å². The van der Waals surface area contributed by atoms with Crippen molar-refractivity contribution in [2.24, 2.45) is 0 Å². The molecular formula is C28H23ClF4O. The van der Waals surface area contributed by atoms with Gasteiger partial charge in [-0.05, 0) is 83.7 Å². The van der Waals surface area contributed by atoms with Crippen LogP contribution in [-0.2, 0) is 24.0 Å². The van der Waals surface area contributed by atoms with Crippen molar-refractivity contribution in [2.45, 2.75) is 25.7 Å². The van der Waals surface area contributed by atoms with Gasteiger partial charge in [0.2, 0.25) is 0 Å². The van der Waals surface area contributed by atoms with Gasteiger partial charge in [-0.1, -0.05) is 41.9 Å². The molecule has 0 aromatic heterocycles. The standard InChI is InChI=1S/C28H23ClF4O/c1-34-12-2-3-18-14-25(31)27(26(32)15-18)21-9-10-22-20(16-21)8-7-19(28(22)33)6-4-17-5-11-23(29)24(30)13-17/h5,7-11,13-16H,2-4,6,12H2,1H3. The van der Waals surface area contributed by atoms with Gasteiger partial charge in [0.25, 0.3) is 0 Å². The number of ether oxygens (including phenoxy) is 1. The van der Waals surface area contributed by atoms with Crippen LogP contribution >= 0.6 is 11.6 Å². The lowest BCUT2D eigenvalue weighted by molar-refractivity contribution is 0.195. The van der Waals surface area contributed by atoms with Gasteiger partial charge in [-0.3, -0.25) is 0 Å². The van der Waals surface area contributed by atoms with Gasteiger partial charge in [0, 0.05) is 19.1 Å². The molecule has 0 fully saturated rings. The molecule has 6 heteroatoms. The third-order valence-corrected chi connectivity index (χ3v) is 6.21. The Labute approximate surface area is 200 Å². The molecule has 4 aromatic rings. The first kappa shape index (κ1) is 24.2. The summed E-state index contributed by atoms with van der Waals surface area (Å²) in [5.74, 6) is -2.21. The minimum Gasteiger partial charge on any atom is -0.385 e. The minimum atomic E-state index is -0.654. The van der Waals surface area contributed by atoms with E-state index in [0.717, 1.165) is 0 Å². The highest BCUT2D eigenvalue weighted by Gasteiger charge is 2.16. The van der Waals surface area contributed by atoms with Gasteiger partial charge in [0.05, 0.1) is 10.6 Å². The maximum atomic E-state index is 15.2. The Bertz CT molecular complexity index is 1310. The average molecular weight is 487 g/mol. The lowest BCUT2D eigenvalue weighted by Gasteiger charge is -2.11. The molecule has 0 N–H and O–H groups in total. The molecule has 0 atom stereocenters. The Morgan fingerprint density at radius 1 is 0.735 bits per heavy atom. The number of aryl methyl sites for hydroxylation is 3. The minimum absolute atomic E-state index is 0.0463. The summed E-state index contributed by atoms with van der Waals surface area (Å²) >= 11 is 5.71. The summed E-state index contributed by atoms with van der Waals surface area (Å²) in [6, 6.07) is 15.2. The van der Waals surface area contributed by atoms with E-state index in [9.17, 15) is 13.2 Å². The second-order valence-corrected chi connectivity index (χ2v) is 8.66. The third kappa shape index (κ3) is 5.26. The predicted molar refractivity (Wildman–Crippen MR) is 128 cm³/mol. The Balaban J connectivity index is 1.58. The lowest BCUT2D eigenvalue weighted by atomic mass is 9.96. The van der Waals surface area contributed by atoms with Gasteiger partial charge in [0.15, 0.2) is 0 Å². The summed E-state index contributed by atoms with van der Waals surface area (Å²) < 4.78 is 63.4. The van der Waals surface area contributed by atoms with Crippen molar-refractivity contribution in [2.75, 3.05) is 13.7 Å². The van der Waals surface area contributed by atoms with E-state index in [2.05, 4.69) is 0 Å². The molecule has 34 heavy (non-hydrogen) atoms. The van der Waals surface area contributed by atoms with Crippen molar-refractivity contribution in [1.29, 1.82) is 0 Å². The zero-order valence-corrected chi connectivity index (χ0v) is 19.4. The number of rotatable bonds is 8. The van der Waals surface area contributed by atoms with Crippen molar-refractivity contribution in [3.05, 3.63) is 106 Å². The van der Waals surface area contributed by atoms with E-state index in [0.29, 0.717) is 65.3 Å². The van der Waals surface area contributed by atoms with Crippen molar-refractivity contribution >= 4 is 22.4 Å². The van der Waals surface area contributed by atoms with Crippen LogP contribution < -0.4 is 0 Å². The van der Waals surface area contributed by atoms with Gasteiger partial charge >= 0.3 is 0 Å². The summed E-state index contributed by atoms with van der Waals surface area (Å²) in [7, 11) is 1.58. The highest BCUT2D eigenvalue weighted by Crippen LogP contribution is 2.32. The molecule has 176 valence electrons. The van der Waals surface area contributed by atoms with Crippen LogP contribution in [0.25, 0.3) is 21.9 Å². The quantitative estimate of drug-likeness (QED) is 0.181. The van der Waals surface area contributed by atoms with Gasteiger partial charge < -0.3 is 4.74 Å². The Morgan fingerprint density at radius 3 is 2.18 bits per heavy atom. The Kier molecular flexibility index (Phi) is 7.54. The highest BCUT2D eigenvalue weighted by atomic mass is 35.5. The number of fused-ring (bicyclic) bond motifs is 1.